The minimum Gasteiger partial charge on any atom is -0.357 e. The second-order valence-corrected chi connectivity index (χ2v) is 7.39. The van der Waals surface area contributed by atoms with Gasteiger partial charge in [-0.05, 0) is 51.5 Å². The van der Waals surface area contributed by atoms with Gasteiger partial charge < -0.3 is 16.0 Å². The van der Waals surface area contributed by atoms with Crippen LogP contribution in [-0.2, 0) is 4.79 Å². The van der Waals surface area contributed by atoms with E-state index in [1.807, 2.05) is 27.7 Å². The number of amides is 1. The van der Waals surface area contributed by atoms with Crippen LogP contribution in [0.15, 0.2) is 35.3 Å². The normalized spacial score (nSPS) is 20.4. The molecule has 2 rings (SSSR count). The van der Waals surface area contributed by atoms with E-state index in [4.69, 9.17) is 0 Å². The van der Waals surface area contributed by atoms with Crippen molar-refractivity contribution < 1.29 is 4.79 Å². The molecule has 0 radical (unpaired) electrons. The molecule has 0 spiro atoms. The number of nitrogens with zero attached hydrogens (tertiary/aromatic N) is 1. The number of nitrogens with one attached hydrogen (secondary N) is 3. The highest BCUT2D eigenvalue weighted by Gasteiger charge is 2.37. The second-order valence-electron chi connectivity index (χ2n) is 7.39. The molecule has 1 aromatic rings. The summed E-state index contributed by atoms with van der Waals surface area (Å²) in [5.41, 5.74) is 1.19. The molecule has 132 valence electrons. The Kier molecular flexibility index (Phi) is 6.23. The first kappa shape index (κ1) is 18.3. The molecule has 0 bridgehead atoms. The average Bonchev–Trinajstić information content (AvgIpc) is 3.29. The molecule has 0 saturated heterocycles. The van der Waals surface area contributed by atoms with Gasteiger partial charge in [0.2, 0.25) is 5.91 Å². The van der Waals surface area contributed by atoms with E-state index >= 15 is 0 Å². The molecule has 1 amide bonds. The van der Waals surface area contributed by atoms with Gasteiger partial charge in [-0.1, -0.05) is 30.3 Å². The molecule has 5 nitrogen and oxygen atoms in total. The lowest BCUT2D eigenvalue weighted by atomic mass is 10.1. The van der Waals surface area contributed by atoms with Crippen molar-refractivity contribution in [2.45, 2.75) is 45.6 Å². The standard InChI is InChI=1S/C19H30N4O/c1-5-20-18(22-13-17(24)23-19(2,3)4)21-12-15-11-16(15)14-9-7-6-8-10-14/h6-10,15-16H,5,11-13H2,1-4H3,(H,23,24)(H2,20,21,22). The zero-order chi connectivity index (χ0) is 17.6. The molecule has 1 fully saturated rings. The van der Waals surface area contributed by atoms with Gasteiger partial charge in [-0.2, -0.15) is 0 Å². The molecular weight excluding hydrogens is 300 g/mol. The number of aliphatic imine (C=N–C) groups is 1. The van der Waals surface area contributed by atoms with Crippen molar-refractivity contribution in [3.05, 3.63) is 35.9 Å². The van der Waals surface area contributed by atoms with Gasteiger partial charge in [0.15, 0.2) is 5.96 Å². The minimum atomic E-state index is -0.227. The number of hydrogen-bond acceptors (Lipinski definition) is 2. The summed E-state index contributed by atoms with van der Waals surface area (Å²) < 4.78 is 0. The van der Waals surface area contributed by atoms with E-state index in [-0.39, 0.29) is 18.0 Å². The van der Waals surface area contributed by atoms with Gasteiger partial charge in [0.1, 0.15) is 6.54 Å². The molecule has 5 heteroatoms. The summed E-state index contributed by atoms with van der Waals surface area (Å²) in [6.45, 7) is 9.72. The largest absolute Gasteiger partial charge is 0.357 e. The van der Waals surface area contributed by atoms with Gasteiger partial charge in [-0.15, -0.1) is 0 Å². The summed E-state index contributed by atoms with van der Waals surface area (Å²) in [5, 5.41) is 9.48. The van der Waals surface area contributed by atoms with E-state index in [1.165, 1.54) is 12.0 Å². The van der Waals surface area contributed by atoms with Gasteiger partial charge in [-0.25, -0.2) is 4.99 Å². The Hall–Kier alpha value is -2.04. The fourth-order valence-electron chi connectivity index (χ4n) is 2.76. The van der Waals surface area contributed by atoms with Crippen LogP contribution in [0.25, 0.3) is 0 Å². The summed E-state index contributed by atoms with van der Waals surface area (Å²) in [6.07, 6.45) is 1.21. The predicted octanol–water partition coefficient (Wildman–Crippen LogP) is 2.26. The number of rotatable bonds is 6. The number of guanidine groups is 1. The molecule has 0 aliphatic heterocycles. The number of benzene rings is 1. The van der Waals surface area contributed by atoms with E-state index in [0.29, 0.717) is 17.8 Å². The summed E-state index contributed by atoms with van der Waals surface area (Å²) in [7, 11) is 0. The van der Waals surface area contributed by atoms with Gasteiger partial charge in [0, 0.05) is 18.6 Å². The highest BCUT2D eigenvalue weighted by atomic mass is 16.2. The Bertz CT molecular complexity index is 562. The quantitative estimate of drug-likeness (QED) is 0.554. The maximum atomic E-state index is 11.9. The third-order valence-corrected chi connectivity index (χ3v) is 3.92. The molecule has 0 heterocycles. The Morgan fingerprint density at radius 3 is 2.54 bits per heavy atom. The molecule has 24 heavy (non-hydrogen) atoms. The lowest BCUT2D eigenvalue weighted by Gasteiger charge is -2.20. The summed E-state index contributed by atoms with van der Waals surface area (Å²) in [4.78, 5) is 16.3. The first-order chi connectivity index (χ1) is 11.4. The smallest absolute Gasteiger partial charge is 0.242 e. The van der Waals surface area contributed by atoms with Gasteiger partial charge in [0.25, 0.3) is 0 Å². The third kappa shape index (κ3) is 6.22. The Balaban J connectivity index is 1.79. The fourth-order valence-corrected chi connectivity index (χ4v) is 2.76. The van der Waals surface area contributed by atoms with Crippen LogP contribution in [0, 0.1) is 5.92 Å². The number of hydrogen-bond donors (Lipinski definition) is 3. The SMILES string of the molecule is CCNC(=NCC(=O)NC(C)(C)C)NCC1CC1c1ccccc1. The molecule has 1 saturated carbocycles. The fraction of sp³-hybridized carbons (Fsp3) is 0.579. The zero-order valence-electron chi connectivity index (χ0n) is 15.2. The van der Waals surface area contributed by atoms with Crippen molar-refractivity contribution in [2.24, 2.45) is 10.9 Å². The maximum absolute atomic E-state index is 11.9. The van der Waals surface area contributed by atoms with E-state index in [0.717, 1.165) is 13.1 Å². The molecule has 1 aliphatic rings. The van der Waals surface area contributed by atoms with Crippen LogP contribution < -0.4 is 16.0 Å². The monoisotopic (exact) mass is 330 g/mol. The summed E-state index contributed by atoms with van der Waals surface area (Å²) >= 11 is 0. The second kappa shape index (κ2) is 8.18. The first-order valence-electron chi connectivity index (χ1n) is 8.77. The van der Waals surface area contributed by atoms with Crippen LogP contribution in [0.2, 0.25) is 0 Å². The van der Waals surface area contributed by atoms with Crippen LogP contribution in [0.5, 0.6) is 0 Å². The highest BCUT2D eigenvalue weighted by molar-refractivity contribution is 5.85. The Morgan fingerprint density at radius 1 is 1.21 bits per heavy atom. The summed E-state index contributed by atoms with van der Waals surface area (Å²) in [5.74, 6) is 1.93. The van der Waals surface area contributed by atoms with E-state index in [1.54, 1.807) is 0 Å². The minimum absolute atomic E-state index is 0.0618. The van der Waals surface area contributed by atoms with E-state index in [9.17, 15) is 4.79 Å². The molecular formula is C19H30N4O. The van der Waals surface area contributed by atoms with Gasteiger partial charge in [0.05, 0.1) is 0 Å². The van der Waals surface area contributed by atoms with Crippen LogP contribution in [0.1, 0.15) is 45.6 Å². The van der Waals surface area contributed by atoms with Crippen molar-refractivity contribution in [3.8, 4) is 0 Å². The van der Waals surface area contributed by atoms with Crippen molar-refractivity contribution in [2.75, 3.05) is 19.6 Å². The van der Waals surface area contributed by atoms with E-state index in [2.05, 4.69) is 51.3 Å². The molecule has 1 aromatic carbocycles. The zero-order valence-corrected chi connectivity index (χ0v) is 15.2. The number of carbonyl (C=O) groups excluding carboxylic acids is 1. The lowest BCUT2D eigenvalue weighted by molar-refractivity contribution is -0.121. The Labute approximate surface area is 145 Å². The third-order valence-electron chi connectivity index (χ3n) is 3.92. The van der Waals surface area contributed by atoms with Gasteiger partial charge >= 0.3 is 0 Å². The molecule has 0 aromatic heterocycles. The maximum Gasteiger partial charge on any atom is 0.242 e. The highest BCUT2D eigenvalue weighted by Crippen LogP contribution is 2.46. The molecule has 2 atom stereocenters. The van der Waals surface area contributed by atoms with Crippen molar-refractivity contribution >= 4 is 11.9 Å². The van der Waals surface area contributed by atoms with Crippen molar-refractivity contribution in [1.82, 2.24) is 16.0 Å². The van der Waals surface area contributed by atoms with Crippen LogP contribution in [0.3, 0.4) is 0 Å². The lowest BCUT2D eigenvalue weighted by Crippen LogP contribution is -2.43. The predicted molar refractivity (Wildman–Crippen MR) is 99.2 cm³/mol. The van der Waals surface area contributed by atoms with E-state index < -0.39 is 0 Å². The topological polar surface area (TPSA) is 65.5 Å². The summed E-state index contributed by atoms with van der Waals surface area (Å²) in [6, 6.07) is 10.6. The molecule has 3 N–H and O–H groups in total. The molecule has 1 aliphatic carbocycles. The van der Waals surface area contributed by atoms with Crippen LogP contribution in [-0.4, -0.2) is 37.0 Å². The van der Waals surface area contributed by atoms with Gasteiger partial charge in [-0.3, -0.25) is 4.79 Å². The Morgan fingerprint density at radius 2 is 1.92 bits per heavy atom. The molecule has 2 unspecified atom stereocenters. The van der Waals surface area contributed by atoms with Crippen LogP contribution >= 0.6 is 0 Å². The first-order valence-corrected chi connectivity index (χ1v) is 8.77. The number of carbonyl (C=O) groups is 1. The van der Waals surface area contributed by atoms with Crippen molar-refractivity contribution in [3.63, 3.8) is 0 Å². The van der Waals surface area contributed by atoms with Crippen molar-refractivity contribution in [1.29, 1.82) is 0 Å². The van der Waals surface area contributed by atoms with Crippen LogP contribution in [0.4, 0.5) is 0 Å². The average molecular weight is 330 g/mol.